The number of carbonyl (C=O) groups excluding carboxylic acids is 1. The van der Waals surface area contributed by atoms with Gasteiger partial charge in [0, 0.05) is 16.7 Å². The molecule has 0 aliphatic heterocycles. The van der Waals surface area contributed by atoms with E-state index in [1.807, 2.05) is 0 Å². The molecule has 0 aliphatic carbocycles. The number of nitrogens with zero attached hydrogens (tertiary/aromatic N) is 1. The van der Waals surface area contributed by atoms with E-state index in [-0.39, 0.29) is 5.97 Å². The summed E-state index contributed by atoms with van der Waals surface area (Å²) in [5, 5.41) is 0. The summed E-state index contributed by atoms with van der Waals surface area (Å²) in [5.74, 6) is -1.42. The molecule has 0 radical (unpaired) electrons. The van der Waals surface area contributed by atoms with Crippen molar-refractivity contribution in [3.63, 3.8) is 0 Å². The van der Waals surface area contributed by atoms with E-state index < -0.39 is 11.9 Å². The van der Waals surface area contributed by atoms with Crippen LogP contribution in [0.1, 0.15) is 18.4 Å². The van der Waals surface area contributed by atoms with Crippen molar-refractivity contribution in [3.05, 3.63) is 28.2 Å². The number of esters is 1. The largest absolute Gasteiger partial charge is 0.469 e. The van der Waals surface area contributed by atoms with Crippen LogP contribution in [0, 0.1) is 5.95 Å². The van der Waals surface area contributed by atoms with E-state index in [9.17, 15) is 9.18 Å². The first kappa shape index (κ1) is 11.1. The summed E-state index contributed by atoms with van der Waals surface area (Å²) in [4.78, 5) is 14.7. The van der Waals surface area contributed by atoms with Crippen LogP contribution in [0.25, 0.3) is 0 Å². The number of halogens is 2. The second-order valence-electron chi connectivity index (χ2n) is 2.77. The monoisotopic (exact) mass is 261 g/mol. The third-order valence-electron chi connectivity index (χ3n) is 1.87. The highest BCUT2D eigenvalue weighted by atomic mass is 79.9. The number of pyridine rings is 1. The standard InChI is InChI=1S/C9H9BrFNO2/c1-5(9(13)14-2)6-4-12-8(11)3-7(6)10/h3-5H,1-2H3. The second-order valence-corrected chi connectivity index (χ2v) is 3.63. The Morgan fingerprint density at radius 3 is 2.86 bits per heavy atom. The second kappa shape index (κ2) is 4.50. The summed E-state index contributed by atoms with van der Waals surface area (Å²) < 4.78 is 17.7. The minimum Gasteiger partial charge on any atom is -0.469 e. The molecule has 0 spiro atoms. The molecule has 5 heteroatoms. The lowest BCUT2D eigenvalue weighted by atomic mass is 10.0. The van der Waals surface area contributed by atoms with Crippen LogP contribution in [0.3, 0.4) is 0 Å². The summed E-state index contributed by atoms with van der Waals surface area (Å²) >= 11 is 3.16. The Labute approximate surface area is 89.4 Å². The van der Waals surface area contributed by atoms with Crippen LogP contribution in [0.5, 0.6) is 0 Å². The van der Waals surface area contributed by atoms with Gasteiger partial charge < -0.3 is 4.74 Å². The number of hydrogen-bond donors (Lipinski definition) is 0. The van der Waals surface area contributed by atoms with Crippen LogP contribution < -0.4 is 0 Å². The van der Waals surface area contributed by atoms with E-state index in [0.717, 1.165) is 0 Å². The molecule has 1 atom stereocenters. The van der Waals surface area contributed by atoms with Gasteiger partial charge in [-0.15, -0.1) is 0 Å². The molecule has 76 valence electrons. The third kappa shape index (κ3) is 2.29. The van der Waals surface area contributed by atoms with Crippen molar-refractivity contribution >= 4 is 21.9 Å². The molecule has 0 N–H and O–H groups in total. The predicted molar refractivity (Wildman–Crippen MR) is 52.3 cm³/mol. The van der Waals surface area contributed by atoms with Crippen LogP contribution >= 0.6 is 15.9 Å². The van der Waals surface area contributed by atoms with Gasteiger partial charge in [-0.2, -0.15) is 4.39 Å². The Kier molecular flexibility index (Phi) is 3.57. The summed E-state index contributed by atoms with van der Waals surface area (Å²) in [7, 11) is 1.31. The molecule has 14 heavy (non-hydrogen) atoms. The Morgan fingerprint density at radius 2 is 2.36 bits per heavy atom. The Hall–Kier alpha value is -0.970. The fourth-order valence-corrected chi connectivity index (χ4v) is 1.68. The fraction of sp³-hybridized carbons (Fsp3) is 0.333. The first-order valence-corrected chi connectivity index (χ1v) is 4.74. The van der Waals surface area contributed by atoms with Crippen LogP contribution in [-0.2, 0) is 9.53 Å². The van der Waals surface area contributed by atoms with E-state index in [4.69, 9.17) is 0 Å². The third-order valence-corrected chi connectivity index (χ3v) is 2.56. The van der Waals surface area contributed by atoms with Crippen LogP contribution in [0.4, 0.5) is 4.39 Å². The molecule has 3 nitrogen and oxygen atoms in total. The molecule has 1 rings (SSSR count). The lowest BCUT2D eigenvalue weighted by Crippen LogP contribution is -2.11. The van der Waals surface area contributed by atoms with Gasteiger partial charge in [-0.3, -0.25) is 4.79 Å². The number of methoxy groups -OCH3 is 1. The SMILES string of the molecule is COC(=O)C(C)c1cnc(F)cc1Br. The fourth-order valence-electron chi connectivity index (χ4n) is 1.04. The average Bonchev–Trinajstić information content (AvgIpc) is 2.15. The number of rotatable bonds is 2. The van der Waals surface area contributed by atoms with Crippen molar-refractivity contribution in [2.24, 2.45) is 0 Å². The zero-order chi connectivity index (χ0) is 10.7. The van der Waals surface area contributed by atoms with E-state index in [0.29, 0.717) is 10.0 Å². The highest BCUT2D eigenvalue weighted by Gasteiger charge is 2.18. The highest BCUT2D eigenvalue weighted by Crippen LogP contribution is 2.25. The lowest BCUT2D eigenvalue weighted by molar-refractivity contribution is -0.142. The van der Waals surface area contributed by atoms with Gasteiger partial charge in [0.2, 0.25) is 5.95 Å². The molecule has 1 aromatic heterocycles. The number of hydrogen-bond acceptors (Lipinski definition) is 3. The summed E-state index contributed by atoms with van der Waals surface area (Å²) in [5.41, 5.74) is 0.609. The molecule has 0 saturated heterocycles. The average molecular weight is 262 g/mol. The van der Waals surface area contributed by atoms with Crippen molar-refractivity contribution in [3.8, 4) is 0 Å². The smallest absolute Gasteiger partial charge is 0.312 e. The van der Waals surface area contributed by atoms with Gasteiger partial charge >= 0.3 is 5.97 Å². The lowest BCUT2D eigenvalue weighted by Gasteiger charge is -2.10. The van der Waals surface area contributed by atoms with Crippen molar-refractivity contribution < 1.29 is 13.9 Å². The van der Waals surface area contributed by atoms with Gasteiger partial charge in [0.15, 0.2) is 0 Å². The highest BCUT2D eigenvalue weighted by molar-refractivity contribution is 9.10. The number of carbonyl (C=O) groups is 1. The van der Waals surface area contributed by atoms with Crippen molar-refractivity contribution in [2.45, 2.75) is 12.8 Å². The molecular weight excluding hydrogens is 253 g/mol. The quantitative estimate of drug-likeness (QED) is 0.606. The summed E-state index contributed by atoms with van der Waals surface area (Å²) in [6.45, 7) is 1.67. The van der Waals surface area contributed by atoms with Gasteiger partial charge in [-0.05, 0) is 12.5 Å². The molecule has 0 amide bonds. The molecule has 0 aromatic carbocycles. The maximum absolute atomic E-state index is 12.6. The number of ether oxygens (including phenoxy) is 1. The van der Waals surface area contributed by atoms with Crippen molar-refractivity contribution in [2.75, 3.05) is 7.11 Å². The first-order chi connectivity index (χ1) is 6.56. The van der Waals surface area contributed by atoms with E-state index >= 15 is 0 Å². The van der Waals surface area contributed by atoms with Gasteiger partial charge in [-0.1, -0.05) is 15.9 Å². The zero-order valence-corrected chi connectivity index (χ0v) is 9.34. The molecule has 1 unspecified atom stereocenters. The van der Waals surface area contributed by atoms with Gasteiger partial charge in [0.25, 0.3) is 0 Å². The first-order valence-electron chi connectivity index (χ1n) is 3.95. The summed E-state index contributed by atoms with van der Waals surface area (Å²) in [6.07, 6.45) is 1.32. The Balaban J connectivity index is 3.01. The van der Waals surface area contributed by atoms with E-state index in [1.165, 1.54) is 19.4 Å². The zero-order valence-electron chi connectivity index (χ0n) is 7.75. The number of aromatic nitrogens is 1. The Bertz CT molecular complexity index is 357. The minimum atomic E-state index is -0.585. The van der Waals surface area contributed by atoms with Crippen molar-refractivity contribution in [1.82, 2.24) is 4.98 Å². The summed E-state index contributed by atoms with van der Waals surface area (Å²) in [6, 6.07) is 1.22. The minimum absolute atomic E-state index is 0.376. The molecule has 1 heterocycles. The van der Waals surface area contributed by atoms with Gasteiger partial charge in [-0.25, -0.2) is 4.98 Å². The maximum Gasteiger partial charge on any atom is 0.312 e. The van der Waals surface area contributed by atoms with E-state index in [1.54, 1.807) is 6.92 Å². The van der Waals surface area contributed by atoms with Crippen LogP contribution in [0.2, 0.25) is 0 Å². The molecule has 0 saturated carbocycles. The van der Waals surface area contributed by atoms with Crippen LogP contribution in [-0.4, -0.2) is 18.1 Å². The van der Waals surface area contributed by atoms with Gasteiger partial charge in [0.05, 0.1) is 13.0 Å². The molecular formula is C9H9BrFNO2. The Morgan fingerprint density at radius 1 is 1.71 bits per heavy atom. The molecule has 0 aliphatic rings. The van der Waals surface area contributed by atoms with Gasteiger partial charge in [0.1, 0.15) is 0 Å². The maximum atomic E-state index is 12.6. The van der Waals surface area contributed by atoms with E-state index in [2.05, 4.69) is 25.7 Å². The van der Waals surface area contributed by atoms with Crippen molar-refractivity contribution in [1.29, 1.82) is 0 Å². The predicted octanol–water partition coefficient (Wildman–Crippen LogP) is 2.26. The topological polar surface area (TPSA) is 39.2 Å². The molecule has 0 fully saturated rings. The molecule has 0 bridgehead atoms. The normalized spacial score (nSPS) is 12.3. The van der Waals surface area contributed by atoms with Crippen LogP contribution in [0.15, 0.2) is 16.7 Å². The molecule has 1 aromatic rings.